The van der Waals surface area contributed by atoms with Gasteiger partial charge in [-0.25, -0.2) is 0 Å². The number of hydrogen-bond acceptors (Lipinski definition) is 3. The predicted octanol–water partition coefficient (Wildman–Crippen LogP) is 4.90. The third kappa shape index (κ3) is 3.87. The van der Waals surface area contributed by atoms with Crippen LogP contribution in [-0.2, 0) is 4.79 Å². The van der Waals surface area contributed by atoms with Crippen molar-refractivity contribution in [2.75, 3.05) is 7.11 Å². The van der Waals surface area contributed by atoms with Crippen LogP contribution in [0.1, 0.15) is 42.6 Å². The maximum atomic E-state index is 13.2. The number of amides is 1. The van der Waals surface area contributed by atoms with Crippen molar-refractivity contribution in [2.45, 2.75) is 38.1 Å². The van der Waals surface area contributed by atoms with Crippen LogP contribution in [0.15, 0.2) is 48.7 Å². The zero-order chi connectivity index (χ0) is 20.4. The van der Waals surface area contributed by atoms with Crippen molar-refractivity contribution in [2.24, 2.45) is 0 Å². The lowest BCUT2D eigenvalue weighted by Gasteiger charge is -2.22. The highest BCUT2D eigenvalue weighted by molar-refractivity contribution is 6.43. The molecule has 0 saturated heterocycles. The molecule has 1 aliphatic carbocycles. The molecule has 1 aromatic carbocycles. The highest BCUT2D eigenvalue weighted by Crippen LogP contribution is 2.34. The summed E-state index contributed by atoms with van der Waals surface area (Å²) in [5.41, 5.74) is 2.61. The van der Waals surface area contributed by atoms with Gasteiger partial charge in [-0.1, -0.05) is 43.0 Å². The van der Waals surface area contributed by atoms with Crippen molar-refractivity contribution in [1.82, 2.24) is 9.72 Å². The average Bonchev–Trinajstić information content (AvgIpc) is 3.13. The minimum absolute atomic E-state index is 0.0744. The van der Waals surface area contributed by atoms with Gasteiger partial charge in [-0.15, -0.1) is 0 Å². The lowest BCUT2D eigenvalue weighted by molar-refractivity contribution is -0.117. The van der Waals surface area contributed by atoms with Crippen LogP contribution >= 0.6 is 11.6 Å². The summed E-state index contributed by atoms with van der Waals surface area (Å²) < 4.78 is 6.99. The van der Waals surface area contributed by atoms with Gasteiger partial charge in [-0.3, -0.25) is 9.59 Å². The molecule has 0 aliphatic heterocycles. The summed E-state index contributed by atoms with van der Waals surface area (Å²) in [6.07, 6.45) is 7.01. The van der Waals surface area contributed by atoms with Gasteiger partial charge < -0.3 is 14.5 Å². The quantitative estimate of drug-likeness (QED) is 0.480. The van der Waals surface area contributed by atoms with Crippen molar-refractivity contribution in [1.29, 1.82) is 0 Å². The molecular weight excluding hydrogens is 388 g/mol. The summed E-state index contributed by atoms with van der Waals surface area (Å²) in [6.45, 7) is 0. The number of benzene rings is 1. The Labute approximate surface area is 174 Å². The van der Waals surface area contributed by atoms with E-state index in [1.165, 1.54) is 6.42 Å². The van der Waals surface area contributed by atoms with E-state index in [4.69, 9.17) is 16.3 Å². The van der Waals surface area contributed by atoms with Gasteiger partial charge in [0.1, 0.15) is 11.4 Å². The molecule has 1 N–H and O–H groups in total. The van der Waals surface area contributed by atoms with Gasteiger partial charge in [-0.05, 0) is 48.7 Å². The van der Waals surface area contributed by atoms with Gasteiger partial charge >= 0.3 is 0 Å². The number of carbonyl (C=O) groups is 2. The van der Waals surface area contributed by atoms with Gasteiger partial charge in [0.15, 0.2) is 0 Å². The van der Waals surface area contributed by atoms with Crippen LogP contribution in [0.3, 0.4) is 0 Å². The first-order valence-electron chi connectivity index (χ1n) is 9.87. The standard InChI is InChI=1S/C23H23ClN2O3/c1-29-20-11-10-15(13-19(20)24)18-14-17-9-5-6-12-26(17)21(18)22(27)23(28)25-16-7-3-2-4-8-16/h5-6,9-14,16H,2-4,7-8H2,1H3,(H,25,28). The molecule has 0 unspecified atom stereocenters. The maximum Gasteiger partial charge on any atom is 0.294 e. The van der Waals surface area contributed by atoms with Crippen LogP contribution in [-0.4, -0.2) is 29.2 Å². The molecule has 3 aromatic rings. The van der Waals surface area contributed by atoms with E-state index in [9.17, 15) is 9.59 Å². The van der Waals surface area contributed by atoms with Crippen LogP contribution in [0, 0.1) is 0 Å². The number of carbonyl (C=O) groups excluding carboxylic acids is 2. The number of hydrogen-bond donors (Lipinski definition) is 1. The number of ether oxygens (including phenoxy) is 1. The Balaban J connectivity index is 1.74. The molecule has 29 heavy (non-hydrogen) atoms. The molecule has 0 bridgehead atoms. The first-order valence-corrected chi connectivity index (χ1v) is 10.3. The Morgan fingerprint density at radius 2 is 1.90 bits per heavy atom. The molecule has 1 saturated carbocycles. The molecule has 4 rings (SSSR count). The molecule has 2 aromatic heterocycles. The molecule has 5 nitrogen and oxygen atoms in total. The van der Waals surface area contributed by atoms with Crippen molar-refractivity contribution in [3.05, 3.63) is 59.4 Å². The fourth-order valence-electron chi connectivity index (χ4n) is 4.01. The summed E-state index contributed by atoms with van der Waals surface area (Å²) >= 11 is 6.31. The number of rotatable bonds is 5. The van der Waals surface area contributed by atoms with E-state index >= 15 is 0 Å². The van der Waals surface area contributed by atoms with E-state index in [1.807, 2.05) is 30.3 Å². The van der Waals surface area contributed by atoms with E-state index < -0.39 is 11.7 Å². The normalized spacial score (nSPS) is 14.7. The molecule has 6 heteroatoms. The van der Waals surface area contributed by atoms with Gasteiger partial charge in [0.2, 0.25) is 0 Å². The van der Waals surface area contributed by atoms with Crippen LogP contribution in [0.25, 0.3) is 16.6 Å². The Morgan fingerprint density at radius 1 is 1.10 bits per heavy atom. The number of methoxy groups -OCH3 is 1. The Bertz CT molecular complexity index is 1070. The second-order valence-electron chi connectivity index (χ2n) is 7.39. The first-order chi connectivity index (χ1) is 14.1. The molecule has 0 atom stereocenters. The van der Waals surface area contributed by atoms with Crippen LogP contribution in [0.2, 0.25) is 5.02 Å². The van der Waals surface area contributed by atoms with Gasteiger partial charge in [0, 0.05) is 23.3 Å². The fourth-order valence-corrected chi connectivity index (χ4v) is 4.27. The van der Waals surface area contributed by atoms with E-state index in [-0.39, 0.29) is 6.04 Å². The number of nitrogens with zero attached hydrogens (tertiary/aromatic N) is 1. The summed E-state index contributed by atoms with van der Waals surface area (Å²) in [7, 11) is 1.55. The lowest BCUT2D eigenvalue weighted by atomic mass is 9.95. The Hall–Kier alpha value is -2.79. The highest BCUT2D eigenvalue weighted by atomic mass is 35.5. The molecule has 150 valence electrons. The molecular formula is C23H23ClN2O3. The summed E-state index contributed by atoms with van der Waals surface area (Å²) in [4.78, 5) is 26.0. The SMILES string of the molecule is COc1ccc(-c2cc3ccccn3c2C(=O)C(=O)NC2CCCCC2)cc1Cl. The minimum atomic E-state index is -0.554. The monoisotopic (exact) mass is 410 g/mol. The molecule has 1 fully saturated rings. The minimum Gasteiger partial charge on any atom is -0.495 e. The number of aromatic nitrogens is 1. The first kappa shape index (κ1) is 19.5. The van der Waals surface area contributed by atoms with Crippen LogP contribution in [0.4, 0.5) is 0 Å². The number of pyridine rings is 1. The van der Waals surface area contributed by atoms with E-state index in [1.54, 1.807) is 29.8 Å². The predicted molar refractivity (Wildman–Crippen MR) is 114 cm³/mol. The third-order valence-corrected chi connectivity index (χ3v) is 5.80. The molecule has 2 heterocycles. The highest BCUT2D eigenvalue weighted by Gasteiger charge is 2.27. The summed E-state index contributed by atoms with van der Waals surface area (Å²) in [5, 5.41) is 3.38. The number of ketones is 1. The number of Topliss-reactive ketones (excluding diaryl/α,β-unsaturated/α-hetero) is 1. The Morgan fingerprint density at radius 3 is 2.62 bits per heavy atom. The largest absolute Gasteiger partial charge is 0.495 e. The van der Waals surface area contributed by atoms with E-state index in [0.717, 1.165) is 36.8 Å². The van der Waals surface area contributed by atoms with Crippen molar-refractivity contribution >= 4 is 28.8 Å². The average molecular weight is 411 g/mol. The van der Waals surface area contributed by atoms with Gasteiger partial charge in [0.25, 0.3) is 11.7 Å². The van der Waals surface area contributed by atoms with Crippen molar-refractivity contribution in [3.63, 3.8) is 0 Å². The lowest BCUT2D eigenvalue weighted by Crippen LogP contribution is -2.40. The zero-order valence-electron chi connectivity index (χ0n) is 16.3. The number of nitrogens with one attached hydrogen (secondary N) is 1. The topological polar surface area (TPSA) is 59.8 Å². The maximum absolute atomic E-state index is 13.2. The summed E-state index contributed by atoms with van der Waals surface area (Å²) in [6, 6.07) is 13.0. The molecule has 1 amide bonds. The van der Waals surface area contributed by atoms with Crippen molar-refractivity contribution < 1.29 is 14.3 Å². The molecule has 1 aliphatic rings. The smallest absolute Gasteiger partial charge is 0.294 e. The molecule has 0 spiro atoms. The second kappa shape index (κ2) is 8.29. The van der Waals surface area contributed by atoms with Crippen molar-refractivity contribution in [3.8, 4) is 16.9 Å². The van der Waals surface area contributed by atoms with Gasteiger partial charge in [0.05, 0.1) is 12.1 Å². The number of halogens is 1. The van der Waals surface area contributed by atoms with E-state index in [2.05, 4.69) is 5.32 Å². The van der Waals surface area contributed by atoms with Crippen LogP contribution < -0.4 is 10.1 Å². The second-order valence-corrected chi connectivity index (χ2v) is 7.80. The number of fused-ring (bicyclic) bond motifs is 1. The molecule has 0 radical (unpaired) electrons. The Kier molecular flexibility index (Phi) is 5.58. The van der Waals surface area contributed by atoms with E-state index in [0.29, 0.717) is 22.0 Å². The summed E-state index contributed by atoms with van der Waals surface area (Å²) in [5.74, 6) is -0.535. The van der Waals surface area contributed by atoms with Gasteiger partial charge in [-0.2, -0.15) is 0 Å². The fraction of sp³-hybridized carbons (Fsp3) is 0.304. The zero-order valence-corrected chi connectivity index (χ0v) is 17.0. The third-order valence-electron chi connectivity index (χ3n) is 5.50. The van der Waals surface area contributed by atoms with Crippen LogP contribution in [0.5, 0.6) is 5.75 Å².